The number of amides is 1. The summed E-state index contributed by atoms with van der Waals surface area (Å²) >= 11 is 1.56. The number of thioether (sulfide) groups is 1. The fourth-order valence-electron chi connectivity index (χ4n) is 3.54. The van der Waals surface area contributed by atoms with Gasteiger partial charge >= 0.3 is 5.97 Å². The van der Waals surface area contributed by atoms with Gasteiger partial charge in [-0.1, -0.05) is 12.1 Å². The van der Waals surface area contributed by atoms with Crippen LogP contribution in [0.25, 0.3) is 0 Å². The van der Waals surface area contributed by atoms with Crippen LogP contribution in [0, 0.1) is 13.8 Å². The lowest BCUT2D eigenvalue weighted by molar-refractivity contribution is -0.152. The molecule has 1 heterocycles. The van der Waals surface area contributed by atoms with E-state index in [2.05, 4.69) is 19.1 Å². The highest BCUT2D eigenvalue weighted by atomic mass is 32.2. The standard InChI is InChI=1S/C24H30N2O4S/c1-15-13-20-21(14-16(15)2)31-23(18-7-9-19(29-6)10-8-18)22(30-17(3)27)24(28)26(20)12-11-25(4)5/h7-10,13-14,22-23H,11-12H2,1-6H3/t22-,23+/m0/s1. The highest BCUT2D eigenvalue weighted by Gasteiger charge is 2.41. The van der Waals surface area contributed by atoms with Crippen LogP contribution < -0.4 is 9.64 Å². The number of anilines is 1. The lowest BCUT2D eigenvalue weighted by Gasteiger charge is -2.28. The molecule has 2 atom stereocenters. The Morgan fingerprint density at radius 3 is 2.35 bits per heavy atom. The normalized spacial score (nSPS) is 18.5. The summed E-state index contributed by atoms with van der Waals surface area (Å²) in [5.74, 6) is 0.0629. The van der Waals surface area contributed by atoms with Gasteiger partial charge in [0.1, 0.15) is 5.75 Å². The minimum absolute atomic E-state index is 0.202. The number of rotatable bonds is 6. The van der Waals surface area contributed by atoms with Crippen molar-refractivity contribution in [2.45, 2.75) is 37.0 Å². The Balaban J connectivity index is 2.13. The van der Waals surface area contributed by atoms with Crippen molar-refractivity contribution >= 4 is 29.3 Å². The molecule has 0 fully saturated rings. The second-order valence-corrected chi connectivity index (χ2v) is 9.22. The SMILES string of the molecule is COc1ccc([C@H]2Sc3cc(C)c(C)cc3N(CCN(C)C)C(=O)[C@H]2OC(C)=O)cc1. The molecule has 31 heavy (non-hydrogen) atoms. The van der Waals surface area contributed by atoms with Crippen molar-refractivity contribution in [2.24, 2.45) is 0 Å². The quantitative estimate of drug-likeness (QED) is 0.631. The third-order valence-electron chi connectivity index (χ3n) is 5.41. The number of esters is 1. The molecule has 0 saturated heterocycles. The van der Waals surface area contributed by atoms with E-state index in [1.807, 2.05) is 50.2 Å². The van der Waals surface area contributed by atoms with Crippen molar-refractivity contribution in [3.8, 4) is 5.75 Å². The first-order chi connectivity index (χ1) is 14.7. The van der Waals surface area contributed by atoms with E-state index >= 15 is 0 Å². The van der Waals surface area contributed by atoms with E-state index in [0.717, 1.165) is 33.0 Å². The third-order valence-corrected chi connectivity index (χ3v) is 6.77. The van der Waals surface area contributed by atoms with Gasteiger partial charge in [-0.2, -0.15) is 0 Å². The minimum atomic E-state index is -0.925. The van der Waals surface area contributed by atoms with Crippen molar-refractivity contribution in [1.29, 1.82) is 0 Å². The van der Waals surface area contributed by atoms with Crippen molar-refractivity contribution < 1.29 is 19.1 Å². The molecule has 0 spiro atoms. The number of hydrogen-bond donors (Lipinski definition) is 0. The van der Waals surface area contributed by atoms with Crippen molar-refractivity contribution in [3.05, 3.63) is 53.1 Å². The van der Waals surface area contributed by atoms with Gasteiger partial charge < -0.3 is 19.3 Å². The number of methoxy groups -OCH3 is 1. The van der Waals surface area contributed by atoms with Crippen LogP contribution in [0.5, 0.6) is 5.75 Å². The van der Waals surface area contributed by atoms with E-state index in [-0.39, 0.29) is 11.2 Å². The lowest BCUT2D eigenvalue weighted by atomic mass is 10.0. The second kappa shape index (κ2) is 9.75. The summed E-state index contributed by atoms with van der Waals surface area (Å²) in [4.78, 5) is 30.5. The molecule has 3 rings (SSSR count). The molecule has 0 unspecified atom stereocenters. The summed E-state index contributed by atoms with van der Waals surface area (Å²) in [7, 11) is 5.56. The summed E-state index contributed by atoms with van der Waals surface area (Å²) in [6.45, 7) is 6.67. The van der Waals surface area contributed by atoms with E-state index < -0.39 is 12.1 Å². The number of fused-ring (bicyclic) bond motifs is 1. The maximum atomic E-state index is 13.8. The van der Waals surface area contributed by atoms with E-state index in [1.54, 1.807) is 23.8 Å². The van der Waals surface area contributed by atoms with Crippen LogP contribution in [0.1, 0.15) is 28.9 Å². The maximum Gasteiger partial charge on any atom is 0.303 e. The van der Waals surface area contributed by atoms with Crippen molar-refractivity contribution in [3.63, 3.8) is 0 Å². The smallest absolute Gasteiger partial charge is 0.303 e. The largest absolute Gasteiger partial charge is 0.497 e. The molecule has 7 heteroatoms. The molecule has 1 aliphatic rings. The van der Waals surface area contributed by atoms with Gasteiger partial charge in [0, 0.05) is 24.9 Å². The molecule has 166 valence electrons. The summed E-state index contributed by atoms with van der Waals surface area (Å²) in [6.07, 6.45) is -0.925. The molecule has 0 bridgehead atoms. The molecule has 1 amide bonds. The monoisotopic (exact) mass is 442 g/mol. The first-order valence-corrected chi connectivity index (χ1v) is 11.1. The van der Waals surface area contributed by atoms with Gasteiger partial charge in [-0.25, -0.2) is 0 Å². The fourth-order valence-corrected chi connectivity index (χ4v) is 4.94. The van der Waals surface area contributed by atoms with Crippen LogP contribution in [-0.4, -0.2) is 57.2 Å². The molecule has 0 saturated carbocycles. The van der Waals surface area contributed by atoms with Crippen LogP contribution in [-0.2, 0) is 14.3 Å². The highest BCUT2D eigenvalue weighted by molar-refractivity contribution is 7.99. The maximum absolute atomic E-state index is 13.8. The first kappa shape index (κ1) is 23.2. The average Bonchev–Trinajstić information content (AvgIpc) is 2.82. The van der Waals surface area contributed by atoms with Crippen molar-refractivity contribution in [2.75, 3.05) is 39.2 Å². The molecule has 0 radical (unpaired) electrons. The van der Waals surface area contributed by atoms with E-state index in [4.69, 9.17) is 9.47 Å². The molecule has 2 aromatic rings. The van der Waals surface area contributed by atoms with Gasteiger partial charge in [-0.15, -0.1) is 11.8 Å². The van der Waals surface area contributed by atoms with Crippen LogP contribution >= 0.6 is 11.8 Å². The number of hydrogen-bond acceptors (Lipinski definition) is 6. The molecule has 0 aliphatic carbocycles. The Morgan fingerprint density at radius 1 is 1.13 bits per heavy atom. The number of carbonyl (C=O) groups is 2. The number of carbonyl (C=O) groups excluding carboxylic acids is 2. The van der Waals surface area contributed by atoms with Gasteiger partial charge in [-0.05, 0) is 68.9 Å². The van der Waals surface area contributed by atoms with E-state index in [9.17, 15) is 9.59 Å². The van der Waals surface area contributed by atoms with Gasteiger partial charge in [0.15, 0.2) is 6.10 Å². The molecule has 0 aromatic heterocycles. The summed E-state index contributed by atoms with van der Waals surface area (Å²) < 4.78 is 10.9. The summed E-state index contributed by atoms with van der Waals surface area (Å²) in [6, 6.07) is 11.8. The number of ether oxygens (including phenoxy) is 2. The number of likely N-dealkylation sites (N-methyl/N-ethyl adjacent to an activating group) is 1. The second-order valence-electron chi connectivity index (χ2n) is 8.04. The molecule has 6 nitrogen and oxygen atoms in total. The zero-order chi connectivity index (χ0) is 22.7. The van der Waals surface area contributed by atoms with E-state index in [0.29, 0.717) is 13.1 Å². The highest BCUT2D eigenvalue weighted by Crippen LogP contribution is 2.47. The number of aryl methyl sites for hydroxylation is 2. The van der Waals surface area contributed by atoms with Gasteiger partial charge in [0.25, 0.3) is 5.91 Å². The van der Waals surface area contributed by atoms with E-state index in [1.165, 1.54) is 6.92 Å². The molecular formula is C24H30N2O4S. The number of benzene rings is 2. The number of nitrogens with zero attached hydrogens (tertiary/aromatic N) is 2. The van der Waals surface area contributed by atoms with Crippen LogP contribution in [0.15, 0.2) is 41.3 Å². The van der Waals surface area contributed by atoms with Crippen LogP contribution in [0.3, 0.4) is 0 Å². The van der Waals surface area contributed by atoms with Gasteiger partial charge in [-0.3, -0.25) is 9.59 Å². The predicted octanol–water partition coefficient (Wildman–Crippen LogP) is 3.99. The molecule has 2 aromatic carbocycles. The average molecular weight is 443 g/mol. The zero-order valence-corrected chi connectivity index (χ0v) is 19.8. The topological polar surface area (TPSA) is 59.1 Å². The molecule has 1 aliphatic heterocycles. The Bertz CT molecular complexity index is 959. The minimum Gasteiger partial charge on any atom is -0.497 e. The Labute approximate surface area is 188 Å². The summed E-state index contributed by atoms with van der Waals surface area (Å²) in [5.41, 5.74) is 4.05. The van der Waals surface area contributed by atoms with Crippen LogP contribution in [0.2, 0.25) is 0 Å². The Morgan fingerprint density at radius 2 is 1.77 bits per heavy atom. The van der Waals surface area contributed by atoms with Crippen LogP contribution in [0.4, 0.5) is 5.69 Å². The molecular weight excluding hydrogens is 412 g/mol. The lowest BCUT2D eigenvalue weighted by Crippen LogP contribution is -2.45. The summed E-state index contributed by atoms with van der Waals surface area (Å²) in [5, 5.41) is -0.368. The zero-order valence-electron chi connectivity index (χ0n) is 19.0. The fraction of sp³-hybridized carbons (Fsp3) is 0.417. The third kappa shape index (κ3) is 5.22. The first-order valence-electron chi connectivity index (χ1n) is 10.3. The van der Waals surface area contributed by atoms with Gasteiger partial charge in [0.05, 0.1) is 18.0 Å². The Kier molecular flexibility index (Phi) is 7.28. The van der Waals surface area contributed by atoms with Crippen molar-refractivity contribution in [1.82, 2.24) is 4.90 Å². The van der Waals surface area contributed by atoms with Gasteiger partial charge in [0.2, 0.25) is 0 Å². The molecule has 0 N–H and O–H groups in total. The predicted molar refractivity (Wildman–Crippen MR) is 124 cm³/mol. The Hall–Kier alpha value is -2.51.